The van der Waals surface area contributed by atoms with Gasteiger partial charge in [0.15, 0.2) is 0 Å². The molecule has 94 valence electrons. The molecule has 0 unspecified atom stereocenters. The minimum absolute atomic E-state index is 0.633. The standard InChI is InChI=1S/C15H18N2O/c1-3-18-15-10-6-9-14(17-15)16-11-13-8-5-4-7-12(13)2/h4-10H,3,11H2,1-2H3,(H,16,17). The van der Waals surface area contributed by atoms with Gasteiger partial charge in [0.25, 0.3) is 0 Å². The molecular weight excluding hydrogens is 224 g/mol. The van der Waals surface area contributed by atoms with E-state index in [2.05, 4.69) is 29.4 Å². The molecule has 0 bridgehead atoms. The third-order valence-corrected chi connectivity index (χ3v) is 2.74. The van der Waals surface area contributed by atoms with E-state index in [1.165, 1.54) is 11.1 Å². The summed E-state index contributed by atoms with van der Waals surface area (Å²) in [5.41, 5.74) is 2.56. The third-order valence-electron chi connectivity index (χ3n) is 2.74. The zero-order chi connectivity index (χ0) is 12.8. The zero-order valence-electron chi connectivity index (χ0n) is 10.8. The molecule has 1 heterocycles. The summed E-state index contributed by atoms with van der Waals surface area (Å²) in [5, 5.41) is 3.31. The Morgan fingerprint density at radius 1 is 1.11 bits per heavy atom. The molecule has 2 rings (SSSR count). The molecule has 1 aromatic carbocycles. The van der Waals surface area contributed by atoms with Gasteiger partial charge in [0, 0.05) is 12.6 Å². The van der Waals surface area contributed by atoms with E-state index in [-0.39, 0.29) is 0 Å². The van der Waals surface area contributed by atoms with Gasteiger partial charge in [-0.15, -0.1) is 0 Å². The van der Waals surface area contributed by atoms with Crippen LogP contribution in [0.1, 0.15) is 18.1 Å². The van der Waals surface area contributed by atoms with Crippen LogP contribution in [0.4, 0.5) is 5.82 Å². The molecule has 0 saturated carbocycles. The summed E-state index contributed by atoms with van der Waals surface area (Å²) >= 11 is 0. The maximum Gasteiger partial charge on any atom is 0.215 e. The van der Waals surface area contributed by atoms with E-state index in [0.717, 1.165) is 12.4 Å². The number of benzene rings is 1. The summed E-state index contributed by atoms with van der Waals surface area (Å²) in [7, 11) is 0. The lowest BCUT2D eigenvalue weighted by molar-refractivity contribution is 0.327. The second-order valence-electron chi connectivity index (χ2n) is 4.07. The summed E-state index contributed by atoms with van der Waals surface area (Å²) in [5.74, 6) is 1.50. The number of aromatic nitrogens is 1. The number of nitrogens with one attached hydrogen (secondary N) is 1. The molecule has 0 fully saturated rings. The van der Waals surface area contributed by atoms with E-state index in [4.69, 9.17) is 4.74 Å². The minimum Gasteiger partial charge on any atom is -0.478 e. The lowest BCUT2D eigenvalue weighted by Gasteiger charge is -2.09. The van der Waals surface area contributed by atoms with Crippen LogP contribution in [0.3, 0.4) is 0 Å². The lowest BCUT2D eigenvalue weighted by Crippen LogP contribution is -2.03. The smallest absolute Gasteiger partial charge is 0.215 e. The van der Waals surface area contributed by atoms with Crippen LogP contribution in [-0.2, 0) is 6.54 Å². The SMILES string of the molecule is CCOc1cccc(NCc2ccccc2C)n1. The van der Waals surface area contributed by atoms with Gasteiger partial charge >= 0.3 is 0 Å². The van der Waals surface area contributed by atoms with Gasteiger partial charge in [-0.3, -0.25) is 0 Å². The first kappa shape index (κ1) is 12.4. The molecule has 3 nitrogen and oxygen atoms in total. The molecule has 3 heteroatoms. The van der Waals surface area contributed by atoms with Crippen LogP contribution < -0.4 is 10.1 Å². The van der Waals surface area contributed by atoms with Crippen LogP contribution in [0.15, 0.2) is 42.5 Å². The van der Waals surface area contributed by atoms with E-state index < -0.39 is 0 Å². The Hall–Kier alpha value is -2.03. The molecule has 0 spiro atoms. The van der Waals surface area contributed by atoms with Crippen molar-refractivity contribution < 1.29 is 4.74 Å². The topological polar surface area (TPSA) is 34.1 Å². The number of rotatable bonds is 5. The van der Waals surface area contributed by atoms with E-state index in [1.54, 1.807) is 0 Å². The fourth-order valence-corrected chi connectivity index (χ4v) is 1.74. The number of anilines is 1. The van der Waals surface area contributed by atoms with Crippen molar-refractivity contribution in [3.05, 3.63) is 53.6 Å². The van der Waals surface area contributed by atoms with Crippen LogP contribution in [0.5, 0.6) is 5.88 Å². The van der Waals surface area contributed by atoms with Crippen molar-refractivity contribution in [2.45, 2.75) is 20.4 Å². The Labute approximate surface area is 108 Å². The molecule has 1 N–H and O–H groups in total. The Bertz CT molecular complexity index is 511. The maximum absolute atomic E-state index is 5.37. The van der Waals surface area contributed by atoms with Gasteiger partial charge in [0.2, 0.25) is 5.88 Å². The second-order valence-corrected chi connectivity index (χ2v) is 4.07. The number of nitrogens with zero attached hydrogens (tertiary/aromatic N) is 1. The van der Waals surface area contributed by atoms with Gasteiger partial charge in [-0.1, -0.05) is 30.3 Å². The fraction of sp³-hybridized carbons (Fsp3) is 0.267. The summed E-state index contributed by atoms with van der Waals surface area (Å²) in [4.78, 5) is 4.37. The molecule has 0 atom stereocenters. The van der Waals surface area contributed by atoms with Crippen molar-refractivity contribution in [1.82, 2.24) is 4.98 Å². The van der Waals surface area contributed by atoms with Gasteiger partial charge in [-0.05, 0) is 31.0 Å². The third kappa shape index (κ3) is 3.23. The zero-order valence-corrected chi connectivity index (χ0v) is 10.8. The molecule has 2 aromatic rings. The van der Waals surface area contributed by atoms with Gasteiger partial charge in [-0.2, -0.15) is 4.98 Å². The highest BCUT2D eigenvalue weighted by Crippen LogP contribution is 2.13. The molecule has 0 radical (unpaired) electrons. The number of ether oxygens (including phenoxy) is 1. The van der Waals surface area contributed by atoms with Crippen molar-refractivity contribution in [2.75, 3.05) is 11.9 Å². The van der Waals surface area contributed by atoms with Crippen LogP contribution in [0, 0.1) is 6.92 Å². The summed E-state index contributed by atoms with van der Waals surface area (Å²) < 4.78 is 5.37. The van der Waals surface area contributed by atoms with E-state index in [1.807, 2.05) is 37.3 Å². The molecule has 1 aromatic heterocycles. The quantitative estimate of drug-likeness (QED) is 0.872. The highest BCUT2D eigenvalue weighted by atomic mass is 16.5. The van der Waals surface area contributed by atoms with Crippen molar-refractivity contribution >= 4 is 5.82 Å². The van der Waals surface area contributed by atoms with Crippen LogP contribution in [-0.4, -0.2) is 11.6 Å². The highest BCUT2D eigenvalue weighted by molar-refractivity contribution is 5.39. The number of pyridine rings is 1. The summed E-state index contributed by atoms with van der Waals surface area (Å²) in [6.45, 7) is 5.47. The molecule has 0 aliphatic rings. The minimum atomic E-state index is 0.633. The van der Waals surface area contributed by atoms with Gasteiger partial charge in [-0.25, -0.2) is 0 Å². The van der Waals surface area contributed by atoms with Gasteiger partial charge < -0.3 is 10.1 Å². The number of hydrogen-bond acceptors (Lipinski definition) is 3. The summed E-state index contributed by atoms with van der Waals surface area (Å²) in [6.07, 6.45) is 0. The van der Waals surface area contributed by atoms with Crippen molar-refractivity contribution in [2.24, 2.45) is 0 Å². The van der Waals surface area contributed by atoms with Gasteiger partial charge in [0.05, 0.1) is 6.61 Å². The highest BCUT2D eigenvalue weighted by Gasteiger charge is 1.99. The van der Waals surface area contributed by atoms with Gasteiger partial charge in [0.1, 0.15) is 5.82 Å². The van der Waals surface area contributed by atoms with E-state index >= 15 is 0 Å². The van der Waals surface area contributed by atoms with Crippen LogP contribution in [0.25, 0.3) is 0 Å². The Morgan fingerprint density at radius 2 is 1.94 bits per heavy atom. The average molecular weight is 242 g/mol. The Kier molecular flexibility index (Phi) is 4.18. The number of aryl methyl sites for hydroxylation is 1. The Morgan fingerprint density at radius 3 is 2.72 bits per heavy atom. The van der Waals surface area contributed by atoms with Crippen molar-refractivity contribution in [3.63, 3.8) is 0 Å². The second kappa shape index (κ2) is 6.05. The fourth-order valence-electron chi connectivity index (χ4n) is 1.74. The first-order valence-corrected chi connectivity index (χ1v) is 6.18. The molecule has 0 amide bonds. The predicted octanol–water partition coefficient (Wildman–Crippen LogP) is 3.40. The lowest BCUT2D eigenvalue weighted by atomic mass is 10.1. The predicted molar refractivity (Wildman–Crippen MR) is 73.9 cm³/mol. The van der Waals surface area contributed by atoms with Crippen LogP contribution >= 0.6 is 0 Å². The van der Waals surface area contributed by atoms with Crippen molar-refractivity contribution in [3.8, 4) is 5.88 Å². The van der Waals surface area contributed by atoms with E-state index in [9.17, 15) is 0 Å². The van der Waals surface area contributed by atoms with Crippen LogP contribution in [0.2, 0.25) is 0 Å². The molecule has 18 heavy (non-hydrogen) atoms. The normalized spacial score (nSPS) is 10.1. The summed E-state index contributed by atoms with van der Waals surface area (Å²) in [6, 6.07) is 14.1. The van der Waals surface area contributed by atoms with Crippen molar-refractivity contribution in [1.29, 1.82) is 0 Å². The molecule has 0 saturated heterocycles. The molecular formula is C15H18N2O. The first-order chi connectivity index (χ1) is 8.79. The monoisotopic (exact) mass is 242 g/mol. The molecule has 0 aliphatic carbocycles. The number of hydrogen-bond donors (Lipinski definition) is 1. The van der Waals surface area contributed by atoms with E-state index in [0.29, 0.717) is 12.5 Å². The maximum atomic E-state index is 5.37. The molecule has 0 aliphatic heterocycles. The largest absolute Gasteiger partial charge is 0.478 e. The first-order valence-electron chi connectivity index (χ1n) is 6.18. The Balaban J connectivity index is 2.02. The average Bonchev–Trinajstić information content (AvgIpc) is 2.39.